The molecular formula is C15H13FN2. The zero-order valence-electron chi connectivity index (χ0n) is 10.3. The number of halogens is 1. The molecule has 1 aromatic heterocycles. The highest BCUT2D eigenvalue weighted by Gasteiger charge is 2.09. The van der Waals surface area contributed by atoms with Gasteiger partial charge in [-0.3, -0.25) is 0 Å². The van der Waals surface area contributed by atoms with E-state index in [1.165, 1.54) is 18.2 Å². The van der Waals surface area contributed by atoms with E-state index in [0.29, 0.717) is 0 Å². The van der Waals surface area contributed by atoms with Gasteiger partial charge in [-0.2, -0.15) is 5.26 Å². The molecule has 3 heteroatoms. The maximum atomic E-state index is 13.3. The van der Waals surface area contributed by atoms with E-state index in [9.17, 15) is 4.39 Å². The second-order valence-corrected chi connectivity index (χ2v) is 4.10. The van der Waals surface area contributed by atoms with Crippen molar-refractivity contribution < 1.29 is 4.39 Å². The molecular weight excluding hydrogens is 227 g/mol. The van der Waals surface area contributed by atoms with Gasteiger partial charge in [-0.05, 0) is 49.8 Å². The number of nitrogens with zero attached hydrogens (tertiary/aromatic N) is 2. The minimum Gasteiger partial charge on any atom is -0.318 e. The SMILES string of the molecule is Cc1cc(C=CC#N)c(C)n1-c1cccc(F)c1. The first kappa shape index (κ1) is 12.1. The van der Waals surface area contributed by atoms with Gasteiger partial charge in [0, 0.05) is 23.2 Å². The molecule has 0 saturated heterocycles. The molecule has 0 radical (unpaired) electrons. The number of aryl methyl sites for hydroxylation is 1. The number of benzene rings is 1. The summed E-state index contributed by atoms with van der Waals surface area (Å²) in [6, 6.07) is 10.4. The van der Waals surface area contributed by atoms with Crippen LogP contribution in [0.2, 0.25) is 0 Å². The van der Waals surface area contributed by atoms with Gasteiger partial charge in [-0.25, -0.2) is 4.39 Å². The zero-order valence-corrected chi connectivity index (χ0v) is 10.3. The number of nitriles is 1. The molecule has 0 N–H and O–H groups in total. The molecule has 1 aromatic carbocycles. The first-order chi connectivity index (χ1) is 8.63. The molecule has 2 nitrogen and oxygen atoms in total. The van der Waals surface area contributed by atoms with E-state index in [2.05, 4.69) is 0 Å². The summed E-state index contributed by atoms with van der Waals surface area (Å²) in [5.41, 5.74) is 3.76. The molecule has 0 spiro atoms. The number of hydrogen-bond donors (Lipinski definition) is 0. The van der Waals surface area contributed by atoms with E-state index in [1.807, 2.05) is 36.6 Å². The van der Waals surface area contributed by atoms with Crippen LogP contribution in [0.25, 0.3) is 11.8 Å². The first-order valence-electron chi connectivity index (χ1n) is 5.64. The second kappa shape index (κ2) is 4.89. The van der Waals surface area contributed by atoms with E-state index >= 15 is 0 Å². The van der Waals surface area contributed by atoms with Crippen molar-refractivity contribution in [2.24, 2.45) is 0 Å². The fourth-order valence-corrected chi connectivity index (χ4v) is 2.10. The van der Waals surface area contributed by atoms with Crippen LogP contribution in [0.5, 0.6) is 0 Å². The van der Waals surface area contributed by atoms with Gasteiger partial charge in [0.25, 0.3) is 0 Å². The van der Waals surface area contributed by atoms with Crippen LogP contribution >= 0.6 is 0 Å². The lowest BCUT2D eigenvalue weighted by atomic mass is 10.2. The molecule has 2 aromatic rings. The Morgan fingerprint density at radius 2 is 2.06 bits per heavy atom. The van der Waals surface area contributed by atoms with Gasteiger partial charge in [0.05, 0.1) is 6.07 Å². The molecule has 0 atom stereocenters. The molecule has 0 aliphatic heterocycles. The van der Waals surface area contributed by atoms with Gasteiger partial charge in [-0.15, -0.1) is 0 Å². The monoisotopic (exact) mass is 240 g/mol. The average molecular weight is 240 g/mol. The Morgan fingerprint density at radius 3 is 2.72 bits per heavy atom. The second-order valence-electron chi connectivity index (χ2n) is 4.10. The van der Waals surface area contributed by atoms with Crippen LogP contribution < -0.4 is 0 Å². The smallest absolute Gasteiger partial charge is 0.125 e. The quantitative estimate of drug-likeness (QED) is 0.734. The molecule has 2 rings (SSSR count). The summed E-state index contributed by atoms with van der Waals surface area (Å²) < 4.78 is 15.2. The topological polar surface area (TPSA) is 28.7 Å². The molecule has 0 aliphatic carbocycles. The number of aromatic nitrogens is 1. The van der Waals surface area contributed by atoms with Crippen LogP contribution in [-0.2, 0) is 0 Å². The summed E-state index contributed by atoms with van der Waals surface area (Å²) >= 11 is 0. The summed E-state index contributed by atoms with van der Waals surface area (Å²) in [7, 11) is 0. The highest BCUT2D eigenvalue weighted by Crippen LogP contribution is 2.22. The van der Waals surface area contributed by atoms with Crippen LogP contribution in [0.15, 0.2) is 36.4 Å². The molecule has 18 heavy (non-hydrogen) atoms. The third-order valence-electron chi connectivity index (χ3n) is 2.87. The standard InChI is InChI=1S/C15H13FN2/c1-11-9-13(5-4-8-17)12(2)18(11)15-7-3-6-14(16)10-15/h3-7,9-10H,1-2H3. The predicted molar refractivity (Wildman–Crippen MR) is 69.8 cm³/mol. The van der Waals surface area contributed by atoms with E-state index in [1.54, 1.807) is 12.1 Å². The van der Waals surface area contributed by atoms with Crippen molar-refractivity contribution in [3.05, 3.63) is 59.2 Å². The van der Waals surface area contributed by atoms with E-state index in [0.717, 1.165) is 22.6 Å². The molecule has 90 valence electrons. The van der Waals surface area contributed by atoms with Gasteiger partial charge >= 0.3 is 0 Å². The minimum atomic E-state index is -0.255. The third-order valence-corrected chi connectivity index (χ3v) is 2.87. The Kier molecular flexibility index (Phi) is 3.29. The Labute approximate surface area is 106 Å². The number of hydrogen-bond acceptors (Lipinski definition) is 1. The zero-order chi connectivity index (χ0) is 13.1. The van der Waals surface area contributed by atoms with Gasteiger partial charge in [-0.1, -0.05) is 6.07 Å². The van der Waals surface area contributed by atoms with Gasteiger partial charge in [0.15, 0.2) is 0 Å². The molecule has 0 aliphatic rings. The van der Waals surface area contributed by atoms with Crippen molar-refractivity contribution in [2.75, 3.05) is 0 Å². The summed E-state index contributed by atoms with van der Waals surface area (Å²) in [5, 5.41) is 8.55. The summed E-state index contributed by atoms with van der Waals surface area (Å²) in [4.78, 5) is 0. The van der Waals surface area contributed by atoms with E-state index in [4.69, 9.17) is 5.26 Å². The third kappa shape index (κ3) is 2.18. The van der Waals surface area contributed by atoms with Crippen LogP contribution in [0, 0.1) is 31.0 Å². The summed E-state index contributed by atoms with van der Waals surface area (Å²) in [6.07, 6.45) is 3.20. The van der Waals surface area contributed by atoms with E-state index < -0.39 is 0 Å². The fraction of sp³-hybridized carbons (Fsp3) is 0.133. The highest BCUT2D eigenvalue weighted by atomic mass is 19.1. The maximum absolute atomic E-state index is 13.3. The van der Waals surface area contributed by atoms with Crippen molar-refractivity contribution in [1.82, 2.24) is 4.57 Å². The molecule has 0 saturated carbocycles. The lowest BCUT2D eigenvalue weighted by Crippen LogP contribution is -1.99. The average Bonchev–Trinajstić information content (AvgIpc) is 2.62. The van der Waals surface area contributed by atoms with E-state index in [-0.39, 0.29) is 5.82 Å². The maximum Gasteiger partial charge on any atom is 0.125 e. The number of allylic oxidation sites excluding steroid dienone is 1. The number of rotatable bonds is 2. The largest absolute Gasteiger partial charge is 0.318 e. The molecule has 0 unspecified atom stereocenters. The molecule has 0 fully saturated rings. The molecule has 1 heterocycles. The Balaban J connectivity index is 2.56. The predicted octanol–water partition coefficient (Wildman–Crippen LogP) is 3.77. The van der Waals surface area contributed by atoms with Crippen molar-refractivity contribution in [2.45, 2.75) is 13.8 Å². The first-order valence-corrected chi connectivity index (χ1v) is 5.64. The minimum absolute atomic E-state index is 0.255. The summed E-state index contributed by atoms with van der Waals surface area (Å²) in [5.74, 6) is -0.255. The van der Waals surface area contributed by atoms with Crippen molar-refractivity contribution in [1.29, 1.82) is 5.26 Å². The van der Waals surface area contributed by atoms with Crippen LogP contribution in [0.4, 0.5) is 4.39 Å². The van der Waals surface area contributed by atoms with Crippen LogP contribution in [0.3, 0.4) is 0 Å². The van der Waals surface area contributed by atoms with Crippen molar-refractivity contribution in [3.63, 3.8) is 0 Å². The van der Waals surface area contributed by atoms with Crippen molar-refractivity contribution >= 4 is 6.08 Å². The Hall–Kier alpha value is -2.34. The van der Waals surface area contributed by atoms with Gasteiger partial charge < -0.3 is 4.57 Å². The van der Waals surface area contributed by atoms with Crippen molar-refractivity contribution in [3.8, 4) is 11.8 Å². The highest BCUT2D eigenvalue weighted by molar-refractivity contribution is 5.58. The lowest BCUT2D eigenvalue weighted by Gasteiger charge is -2.09. The van der Waals surface area contributed by atoms with Gasteiger partial charge in [0.1, 0.15) is 5.82 Å². The summed E-state index contributed by atoms with van der Waals surface area (Å²) in [6.45, 7) is 3.91. The Bertz CT molecular complexity index is 645. The van der Waals surface area contributed by atoms with Gasteiger partial charge in [0.2, 0.25) is 0 Å². The fourth-order valence-electron chi connectivity index (χ4n) is 2.10. The molecule has 0 amide bonds. The van der Waals surface area contributed by atoms with Crippen LogP contribution in [0.1, 0.15) is 17.0 Å². The molecule has 0 bridgehead atoms. The Morgan fingerprint density at radius 1 is 1.28 bits per heavy atom. The van der Waals surface area contributed by atoms with Crippen LogP contribution in [-0.4, -0.2) is 4.57 Å². The normalized spacial score (nSPS) is 10.8. The lowest BCUT2D eigenvalue weighted by molar-refractivity contribution is 0.626.